The van der Waals surface area contributed by atoms with Gasteiger partial charge in [-0.1, -0.05) is 0 Å². The van der Waals surface area contributed by atoms with Crippen molar-refractivity contribution in [1.29, 1.82) is 0 Å². The number of aromatic nitrogens is 2. The smallest absolute Gasteiger partial charge is 0.238 e. The minimum Gasteiger partial charge on any atom is -0.438 e. The van der Waals surface area contributed by atoms with Gasteiger partial charge >= 0.3 is 0 Å². The molecule has 5 nitrogen and oxygen atoms in total. The Balaban J connectivity index is 1.82. The van der Waals surface area contributed by atoms with Crippen molar-refractivity contribution in [1.82, 2.24) is 15.5 Å². The summed E-state index contributed by atoms with van der Waals surface area (Å²) in [5.74, 6) is 0.578. The van der Waals surface area contributed by atoms with Crippen LogP contribution < -0.4 is 10.1 Å². The van der Waals surface area contributed by atoms with E-state index in [1.54, 1.807) is 30.5 Å². The maximum Gasteiger partial charge on any atom is 0.238 e. The van der Waals surface area contributed by atoms with E-state index in [4.69, 9.17) is 9.47 Å². The molecule has 0 radical (unpaired) electrons. The lowest BCUT2D eigenvalue weighted by Gasteiger charge is -2.24. The zero-order valence-electron chi connectivity index (χ0n) is 10.8. The van der Waals surface area contributed by atoms with E-state index in [0.717, 1.165) is 6.54 Å². The van der Waals surface area contributed by atoms with Gasteiger partial charge in [0.05, 0.1) is 12.7 Å². The lowest BCUT2D eigenvalue weighted by atomic mass is 10.1. The summed E-state index contributed by atoms with van der Waals surface area (Å²) in [4.78, 5) is 0. The Hall–Kier alpha value is -2.05. The topological polar surface area (TPSA) is 56.3 Å². The zero-order valence-corrected chi connectivity index (χ0v) is 10.8. The van der Waals surface area contributed by atoms with E-state index in [-0.39, 0.29) is 11.9 Å². The predicted molar refractivity (Wildman–Crippen MR) is 70.1 cm³/mol. The Morgan fingerprint density at radius 1 is 1.35 bits per heavy atom. The summed E-state index contributed by atoms with van der Waals surface area (Å²) in [7, 11) is 0. The fourth-order valence-corrected chi connectivity index (χ4v) is 2.06. The van der Waals surface area contributed by atoms with Gasteiger partial charge in [0.1, 0.15) is 11.6 Å². The second kappa shape index (κ2) is 5.94. The summed E-state index contributed by atoms with van der Waals surface area (Å²) in [6.45, 7) is 1.94. The van der Waals surface area contributed by atoms with Crippen molar-refractivity contribution in [2.75, 3.05) is 19.7 Å². The van der Waals surface area contributed by atoms with Gasteiger partial charge < -0.3 is 14.8 Å². The minimum absolute atomic E-state index is 0.297. The van der Waals surface area contributed by atoms with Crippen LogP contribution >= 0.6 is 0 Å². The van der Waals surface area contributed by atoms with Crippen molar-refractivity contribution >= 4 is 0 Å². The first-order chi connectivity index (χ1) is 9.83. The first-order valence-electron chi connectivity index (χ1n) is 6.40. The highest BCUT2D eigenvalue weighted by Crippen LogP contribution is 2.27. The number of morpholine rings is 1. The van der Waals surface area contributed by atoms with E-state index >= 15 is 0 Å². The first-order valence-corrected chi connectivity index (χ1v) is 6.40. The van der Waals surface area contributed by atoms with Gasteiger partial charge in [0.25, 0.3) is 0 Å². The Kier molecular flexibility index (Phi) is 3.85. The number of benzene rings is 1. The largest absolute Gasteiger partial charge is 0.438 e. The van der Waals surface area contributed by atoms with Crippen molar-refractivity contribution in [3.8, 4) is 11.6 Å². The molecule has 1 aliphatic rings. The molecule has 0 saturated carbocycles. The first kappa shape index (κ1) is 13.0. The number of ether oxygens (including phenoxy) is 2. The highest BCUT2D eigenvalue weighted by molar-refractivity contribution is 5.34. The molecule has 1 atom stereocenters. The van der Waals surface area contributed by atoms with Crippen LogP contribution in [-0.4, -0.2) is 29.9 Å². The summed E-state index contributed by atoms with van der Waals surface area (Å²) in [6.07, 6.45) is 1.26. The molecule has 0 spiro atoms. The molecule has 104 valence electrons. The van der Waals surface area contributed by atoms with Crippen LogP contribution in [0.25, 0.3) is 0 Å². The van der Waals surface area contributed by atoms with Crippen LogP contribution in [0.5, 0.6) is 11.6 Å². The molecule has 20 heavy (non-hydrogen) atoms. The zero-order chi connectivity index (χ0) is 13.8. The highest BCUT2D eigenvalue weighted by atomic mass is 19.1. The third kappa shape index (κ3) is 2.92. The third-order valence-corrected chi connectivity index (χ3v) is 3.01. The Bertz CT molecular complexity index is 574. The van der Waals surface area contributed by atoms with Crippen molar-refractivity contribution in [2.45, 2.75) is 6.10 Å². The number of rotatable bonds is 3. The molecule has 3 rings (SSSR count). The highest BCUT2D eigenvalue weighted by Gasteiger charge is 2.20. The van der Waals surface area contributed by atoms with Crippen LogP contribution in [0, 0.1) is 5.82 Å². The average Bonchev–Trinajstić information content (AvgIpc) is 2.51. The maximum absolute atomic E-state index is 13.9. The van der Waals surface area contributed by atoms with E-state index in [1.807, 2.05) is 0 Å². The fraction of sp³-hybridized carbons (Fsp3) is 0.286. The quantitative estimate of drug-likeness (QED) is 0.929. The molecule has 2 heterocycles. The molecule has 1 aromatic heterocycles. The van der Waals surface area contributed by atoms with E-state index < -0.39 is 0 Å². The summed E-state index contributed by atoms with van der Waals surface area (Å²) < 4.78 is 25.0. The number of hydrogen-bond acceptors (Lipinski definition) is 5. The van der Waals surface area contributed by atoms with Crippen molar-refractivity contribution in [3.05, 3.63) is 47.9 Å². The molecule has 1 fully saturated rings. The van der Waals surface area contributed by atoms with Gasteiger partial charge in [-0.25, -0.2) is 4.39 Å². The molecule has 0 amide bonds. The van der Waals surface area contributed by atoms with E-state index in [9.17, 15) is 4.39 Å². The van der Waals surface area contributed by atoms with Gasteiger partial charge in [0.2, 0.25) is 5.88 Å². The second-order valence-corrected chi connectivity index (χ2v) is 4.41. The average molecular weight is 275 g/mol. The van der Waals surface area contributed by atoms with Gasteiger partial charge in [0.15, 0.2) is 0 Å². The van der Waals surface area contributed by atoms with Gasteiger partial charge in [-0.05, 0) is 24.3 Å². The minimum atomic E-state index is -0.301. The fourth-order valence-electron chi connectivity index (χ4n) is 2.06. The van der Waals surface area contributed by atoms with Crippen LogP contribution in [-0.2, 0) is 4.74 Å². The van der Waals surface area contributed by atoms with E-state index in [2.05, 4.69) is 15.5 Å². The molecule has 1 N–H and O–H groups in total. The van der Waals surface area contributed by atoms with Crippen LogP contribution in [0.1, 0.15) is 11.7 Å². The normalized spacial score (nSPS) is 18.8. The molecular weight excluding hydrogens is 261 g/mol. The molecule has 0 aliphatic carbocycles. The monoisotopic (exact) mass is 275 g/mol. The Morgan fingerprint density at radius 2 is 2.30 bits per heavy atom. The van der Waals surface area contributed by atoms with E-state index in [1.165, 1.54) is 6.07 Å². The van der Waals surface area contributed by atoms with Crippen LogP contribution in [0.15, 0.2) is 36.5 Å². The molecule has 2 aromatic rings. The van der Waals surface area contributed by atoms with E-state index in [0.29, 0.717) is 30.3 Å². The molecule has 1 aromatic carbocycles. The predicted octanol–water partition coefficient (Wildman–Crippen LogP) is 2.07. The van der Waals surface area contributed by atoms with Crippen LogP contribution in [0.3, 0.4) is 0 Å². The maximum atomic E-state index is 13.9. The molecule has 1 unspecified atom stereocenters. The SMILES string of the molecule is Fc1ccc(Oc2cccnn2)cc1C1CNCCO1. The molecule has 1 saturated heterocycles. The molecule has 6 heteroatoms. The summed E-state index contributed by atoms with van der Waals surface area (Å²) in [6, 6.07) is 7.99. The van der Waals surface area contributed by atoms with Gasteiger partial charge in [-0.2, -0.15) is 5.10 Å². The third-order valence-electron chi connectivity index (χ3n) is 3.01. The molecular formula is C14H14FN3O2. The van der Waals surface area contributed by atoms with Crippen LogP contribution in [0.4, 0.5) is 4.39 Å². The number of hydrogen-bond donors (Lipinski definition) is 1. The molecule has 0 bridgehead atoms. The van der Waals surface area contributed by atoms with Gasteiger partial charge in [0, 0.05) is 30.9 Å². The number of halogens is 1. The lowest BCUT2D eigenvalue weighted by molar-refractivity contribution is 0.0254. The van der Waals surface area contributed by atoms with Crippen molar-refractivity contribution in [2.24, 2.45) is 0 Å². The summed E-state index contributed by atoms with van der Waals surface area (Å²) in [5.41, 5.74) is 0.485. The van der Waals surface area contributed by atoms with Crippen molar-refractivity contribution < 1.29 is 13.9 Å². The number of nitrogens with one attached hydrogen (secondary N) is 1. The standard InChI is InChI=1S/C14H14FN3O2/c15-12-4-3-10(20-14-2-1-5-17-18-14)8-11(12)13-9-16-6-7-19-13/h1-5,8,13,16H,6-7,9H2. The Labute approximate surface area is 115 Å². The summed E-state index contributed by atoms with van der Waals surface area (Å²) >= 11 is 0. The second-order valence-electron chi connectivity index (χ2n) is 4.41. The summed E-state index contributed by atoms with van der Waals surface area (Å²) in [5, 5.41) is 10.7. The molecule has 1 aliphatic heterocycles. The lowest BCUT2D eigenvalue weighted by Crippen LogP contribution is -2.33. The van der Waals surface area contributed by atoms with Crippen LogP contribution in [0.2, 0.25) is 0 Å². The van der Waals surface area contributed by atoms with Gasteiger partial charge in [-0.3, -0.25) is 0 Å². The Morgan fingerprint density at radius 3 is 3.05 bits per heavy atom. The number of nitrogens with zero attached hydrogens (tertiary/aromatic N) is 2. The van der Waals surface area contributed by atoms with Gasteiger partial charge in [-0.15, -0.1) is 5.10 Å². The van der Waals surface area contributed by atoms with Crippen molar-refractivity contribution in [3.63, 3.8) is 0 Å².